The van der Waals surface area contributed by atoms with Crippen LogP contribution >= 0.6 is 11.8 Å². The van der Waals surface area contributed by atoms with Gasteiger partial charge in [0.15, 0.2) is 11.0 Å². The largest absolute Gasteiger partial charge is 0.342 e. The van der Waals surface area contributed by atoms with Gasteiger partial charge >= 0.3 is 0 Å². The van der Waals surface area contributed by atoms with Gasteiger partial charge in [0.1, 0.15) is 0 Å². The molecule has 4 aromatic rings. The molecular formula is C28H31N5O2S. The van der Waals surface area contributed by atoms with Gasteiger partial charge in [-0.1, -0.05) is 73.6 Å². The van der Waals surface area contributed by atoms with Crippen molar-refractivity contribution in [2.45, 2.75) is 45.4 Å². The van der Waals surface area contributed by atoms with Gasteiger partial charge < -0.3 is 15.2 Å². The van der Waals surface area contributed by atoms with Gasteiger partial charge in [0.05, 0.1) is 11.8 Å². The number of aromatic nitrogens is 3. The summed E-state index contributed by atoms with van der Waals surface area (Å²) in [6, 6.07) is 21.1. The molecule has 0 unspecified atom stereocenters. The van der Waals surface area contributed by atoms with Crippen LogP contribution in [0.5, 0.6) is 0 Å². The average Bonchev–Trinajstić information content (AvgIpc) is 3.28. The number of carbonyl (C=O) groups is 2. The average molecular weight is 502 g/mol. The highest BCUT2D eigenvalue weighted by atomic mass is 32.2. The van der Waals surface area contributed by atoms with Crippen LogP contribution in [-0.4, -0.2) is 32.3 Å². The molecule has 2 amide bonds. The molecule has 0 saturated heterocycles. The maximum absolute atomic E-state index is 12.9. The number of carbonyl (C=O) groups excluding carboxylic acids is 2. The van der Waals surface area contributed by atoms with Crippen LogP contribution in [0.15, 0.2) is 71.9 Å². The van der Waals surface area contributed by atoms with Gasteiger partial charge in [0.25, 0.3) is 5.91 Å². The zero-order valence-electron chi connectivity index (χ0n) is 21.0. The van der Waals surface area contributed by atoms with Crippen LogP contribution in [0.1, 0.15) is 48.6 Å². The summed E-state index contributed by atoms with van der Waals surface area (Å²) in [5, 5.41) is 17.7. The van der Waals surface area contributed by atoms with Crippen molar-refractivity contribution in [2.75, 3.05) is 11.1 Å². The van der Waals surface area contributed by atoms with E-state index in [1.54, 1.807) is 6.07 Å². The van der Waals surface area contributed by atoms with Gasteiger partial charge in [-0.05, 0) is 54.8 Å². The lowest BCUT2D eigenvalue weighted by Gasteiger charge is -2.22. The third-order valence-electron chi connectivity index (χ3n) is 5.94. The molecule has 0 bridgehead atoms. The highest BCUT2D eigenvalue weighted by molar-refractivity contribution is 7.99. The minimum absolute atomic E-state index is 0.0994. The molecule has 8 heteroatoms. The third-order valence-corrected chi connectivity index (χ3v) is 6.91. The first-order chi connectivity index (χ1) is 17.4. The van der Waals surface area contributed by atoms with Crippen molar-refractivity contribution >= 4 is 40.0 Å². The van der Waals surface area contributed by atoms with E-state index in [0.717, 1.165) is 22.0 Å². The number of nitrogens with zero attached hydrogens (tertiary/aromatic N) is 3. The molecule has 1 aromatic heterocycles. The van der Waals surface area contributed by atoms with E-state index in [4.69, 9.17) is 0 Å². The lowest BCUT2D eigenvalue weighted by atomic mass is 10.0. The Morgan fingerprint density at radius 2 is 1.75 bits per heavy atom. The van der Waals surface area contributed by atoms with Crippen LogP contribution < -0.4 is 10.6 Å². The number of fused-ring (bicyclic) bond motifs is 1. The second-order valence-corrected chi connectivity index (χ2v) is 9.99. The molecule has 0 saturated carbocycles. The van der Waals surface area contributed by atoms with Crippen molar-refractivity contribution in [3.05, 3.63) is 83.7 Å². The molecule has 186 valence electrons. The SMILES string of the molecule is CCn1c(SCC(=O)Nc2ccc3ccccc3c2)nnc1[C@H](NC(=O)c1cccc(C)c1)C(C)C. The van der Waals surface area contributed by atoms with Crippen LogP contribution in [0.3, 0.4) is 0 Å². The Balaban J connectivity index is 1.44. The summed E-state index contributed by atoms with van der Waals surface area (Å²) in [7, 11) is 0. The minimum atomic E-state index is -0.314. The highest BCUT2D eigenvalue weighted by Gasteiger charge is 2.26. The van der Waals surface area contributed by atoms with Gasteiger partial charge in [-0.15, -0.1) is 10.2 Å². The van der Waals surface area contributed by atoms with Crippen molar-refractivity contribution in [3.8, 4) is 0 Å². The molecule has 1 atom stereocenters. The Bertz CT molecular complexity index is 1380. The molecule has 1 heterocycles. The number of rotatable bonds is 9. The van der Waals surface area contributed by atoms with Crippen LogP contribution in [0, 0.1) is 12.8 Å². The first-order valence-electron chi connectivity index (χ1n) is 12.1. The second kappa shape index (κ2) is 11.4. The van der Waals surface area contributed by atoms with Crippen LogP contribution in [0.4, 0.5) is 5.69 Å². The summed E-state index contributed by atoms with van der Waals surface area (Å²) in [5.74, 6) is 0.725. The van der Waals surface area contributed by atoms with Gasteiger partial charge in [0.2, 0.25) is 5.91 Å². The molecular weight excluding hydrogens is 470 g/mol. The molecule has 0 radical (unpaired) electrons. The molecule has 0 fully saturated rings. The van der Waals surface area contributed by atoms with Crippen LogP contribution in [-0.2, 0) is 11.3 Å². The summed E-state index contributed by atoms with van der Waals surface area (Å²) in [6.07, 6.45) is 0. The maximum atomic E-state index is 12.9. The summed E-state index contributed by atoms with van der Waals surface area (Å²) in [6.45, 7) is 8.68. The third kappa shape index (κ3) is 5.94. The predicted octanol–water partition coefficient (Wildman–Crippen LogP) is 5.62. The number of aryl methyl sites for hydroxylation is 1. The molecule has 7 nitrogen and oxygen atoms in total. The van der Waals surface area contributed by atoms with Gasteiger partial charge in [-0.3, -0.25) is 9.59 Å². The van der Waals surface area contributed by atoms with Crippen molar-refractivity contribution < 1.29 is 9.59 Å². The number of nitrogens with one attached hydrogen (secondary N) is 2. The fourth-order valence-corrected chi connectivity index (χ4v) is 4.88. The second-order valence-electron chi connectivity index (χ2n) is 9.05. The van der Waals surface area contributed by atoms with Crippen molar-refractivity contribution in [1.82, 2.24) is 20.1 Å². The molecule has 4 rings (SSSR count). The van der Waals surface area contributed by atoms with E-state index in [-0.39, 0.29) is 29.5 Å². The number of benzene rings is 3. The van der Waals surface area contributed by atoms with Crippen molar-refractivity contribution in [3.63, 3.8) is 0 Å². The monoisotopic (exact) mass is 501 g/mol. The first kappa shape index (κ1) is 25.4. The Hall–Kier alpha value is -3.65. The zero-order chi connectivity index (χ0) is 25.7. The van der Waals surface area contributed by atoms with Crippen LogP contribution in [0.25, 0.3) is 10.8 Å². The fraction of sp³-hybridized carbons (Fsp3) is 0.286. The van der Waals surface area contributed by atoms with Gasteiger partial charge in [0, 0.05) is 17.8 Å². The van der Waals surface area contributed by atoms with E-state index >= 15 is 0 Å². The molecule has 0 aliphatic carbocycles. The van der Waals surface area contributed by atoms with Crippen molar-refractivity contribution in [1.29, 1.82) is 0 Å². The molecule has 36 heavy (non-hydrogen) atoms. The molecule has 2 N–H and O–H groups in total. The van der Waals surface area contributed by atoms with E-state index in [9.17, 15) is 9.59 Å². The number of hydrogen-bond donors (Lipinski definition) is 2. The lowest BCUT2D eigenvalue weighted by molar-refractivity contribution is -0.113. The fourth-order valence-electron chi connectivity index (χ4n) is 4.07. The Morgan fingerprint density at radius 1 is 0.972 bits per heavy atom. The minimum Gasteiger partial charge on any atom is -0.342 e. The first-order valence-corrected chi connectivity index (χ1v) is 13.1. The van der Waals surface area contributed by atoms with E-state index in [1.165, 1.54) is 11.8 Å². The van der Waals surface area contributed by atoms with Crippen LogP contribution in [0.2, 0.25) is 0 Å². The summed E-state index contributed by atoms with van der Waals surface area (Å²) in [4.78, 5) is 25.6. The Labute approximate surface area is 215 Å². The van der Waals surface area contributed by atoms with E-state index in [2.05, 4.69) is 20.8 Å². The molecule has 0 aliphatic rings. The maximum Gasteiger partial charge on any atom is 0.251 e. The quantitative estimate of drug-likeness (QED) is 0.291. The number of anilines is 1. The Morgan fingerprint density at radius 3 is 2.47 bits per heavy atom. The summed E-state index contributed by atoms with van der Waals surface area (Å²) in [5.41, 5.74) is 2.40. The molecule has 0 aliphatic heterocycles. The van der Waals surface area contributed by atoms with Gasteiger partial charge in [-0.2, -0.15) is 0 Å². The zero-order valence-corrected chi connectivity index (χ0v) is 21.8. The number of hydrogen-bond acceptors (Lipinski definition) is 5. The van der Waals surface area contributed by atoms with E-state index in [1.807, 2.05) is 92.9 Å². The number of thioether (sulfide) groups is 1. The van der Waals surface area contributed by atoms with Crippen molar-refractivity contribution in [2.24, 2.45) is 5.92 Å². The van der Waals surface area contributed by atoms with E-state index < -0.39 is 0 Å². The lowest BCUT2D eigenvalue weighted by Crippen LogP contribution is -2.33. The van der Waals surface area contributed by atoms with E-state index in [0.29, 0.717) is 23.1 Å². The molecule has 3 aromatic carbocycles. The highest BCUT2D eigenvalue weighted by Crippen LogP contribution is 2.26. The smallest absolute Gasteiger partial charge is 0.251 e. The number of amides is 2. The topological polar surface area (TPSA) is 88.9 Å². The summed E-state index contributed by atoms with van der Waals surface area (Å²) >= 11 is 1.33. The predicted molar refractivity (Wildman–Crippen MR) is 145 cm³/mol. The Kier molecular flexibility index (Phi) is 8.05. The standard InChI is InChI=1S/C28H31N5O2S/c1-5-33-26(25(18(2)3)30-27(35)22-12-8-9-19(4)15-22)31-32-28(33)36-17-24(34)29-23-14-13-20-10-6-7-11-21(20)16-23/h6-16,18,25H,5,17H2,1-4H3,(H,29,34)(H,30,35)/t25-/m1/s1. The van der Waals surface area contributed by atoms with Gasteiger partial charge in [-0.25, -0.2) is 0 Å². The summed E-state index contributed by atoms with van der Waals surface area (Å²) < 4.78 is 1.97. The molecule has 0 spiro atoms. The normalized spacial score (nSPS) is 12.0.